The summed E-state index contributed by atoms with van der Waals surface area (Å²) in [5.74, 6) is 0.0623. The van der Waals surface area contributed by atoms with E-state index in [2.05, 4.69) is 5.32 Å². The molecule has 0 spiro atoms. The molecule has 4 nitrogen and oxygen atoms in total. The SMILES string of the molecule is O=S([O-])CC1(OCc2ccccc2)CCCNC1. The average Bonchev–Trinajstić information content (AvgIpc) is 2.38. The highest BCUT2D eigenvalue weighted by Crippen LogP contribution is 2.23. The van der Waals surface area contributed by atoms with Crippen molar-refractivity contribution in [3.05, 3.63) is 35.9 Å². The molecule has 1 aliphatic heterocycles. The largest absolute Gasteiger partial charge is 0.772 e. The maximum atomic E-state index is 11.0. The van der Waals surface area contributed by atoms with E-state index >= 15 is 0 Å². The second kappa shape index (κ2) is 6.43. The second-order valence-electron chi connectivity index (χ2n) is 4.69. The van der Waals surface area contributed by atoms with Crippen molar-refractivity contribution in [1.82, 2.24) is 5.32 Å². The fourth-order valence-corrected chi connectivity index (χ4v) is 3.01. The summed E-state index contributed by atoms with van der Waals surface area (Å²) in [7, 11) is 0. The lowest BCUT2D eigenvalue weighted by Gasteiger charge is -2.38. The van der Waals surface area contributed by atoms with E-state index in [1.165, 1.54) is 0 Å². The molecule has 100 valence electrons. The van der Waals surface area contributed by atoms with E-state index in [0.717, 1.165) is 24.9 Å². The van der Waals surface area contributed by atoms with Gasteiger partial charge in [0, 0.05) is 12.3 Å². The van der Waals surface area contributed by atoms with Crippen LogP contribution in [0.4, 0.5) is 0 Å². The number of ether oxygens (including phenoxy) is 1. The quantitative estimate of drug-likeness (QED) is 0.815. The fourth-order valence-electron chi connectivity index (χ4n) is 2.25. The van der Waals surface area contributed by atoms with Gasteiger partial charge in [0.25, 0.3) is 0 Å². The van der Waals surface area contributed by atoms with E-state index in [1.54, 1.807) is 0 Å². The van der Waals surface area contributed by atoms with Gasteiger partial charge >= 0.3 is 0 Å². The van der Waals surface area contributed by atoms with E-state index in [-0.39, 0.29) is 5.75 Å². The van der Waals surface area contributed by atoms with Gasteiger partial charge in [-0.25, -0.2) is 0 Å². The first-order chi connectivity index (χ1) is 8.70. The van der Waals surface area contributed by atoms with Crippen LogP contribution in [0.25, 0.3) is 0 Å². The average molecular weight is 268 g/mol. The van der Waals surface area contributed by atoms with Crippen LogP contribution in [0.3, 0.4) is 0 Å². The van der Waals surface area contributed by atoms with Gasteiger partial charge in [0.15, 0.2) is 0 Å². The number of piperidine rings is 1. The van der Waals surface area contributed by atoms with Crippen LogP contribution in [-0.2, 0) is 22.4 Å². The van der Waals surface area contributed by atoms with Gasteiger partial charge in [-0.3, -0.25) is 4.21 Å². The van der Waals surface area contributed by atoms with E-state index in [9.17, 15) is 8.76 Å². The third kappa shape index (κ3) is 3.88. The lowest BCUT2D eigenvalue weighted by Crippen LogP contribution is -2.51. The first kappa shape index (κ1) is 13.7. The zero-order valence-corrected chi connectivity index (χ0v) is 11.1. The Kier molecular flexibility index (Phi) is 4.88. The maximum Gasteiger partial charge on any atom is 0.0914 e. The molecule has 1 N–H and O–H groups in total. The molecule has 0 aromatic heterocycles. The molecule has 0 bridgehead atoms. The van der Waals surface area contributed by atoms with Gasteiger partial charge in [0.1, 0.15) is 0 Å². The van der Waals surface area contributed by atoms with E-state index in [4.69, 9.17) is 4.74 Å². The minimum Gasteiger partial charge on any atom is -0.772 e. The highest BCUT2D eigenvalue weighted by Gasteiger charge is 2.33. The van der Waals surface area contributed by atoms with Crippen molar-refractivity contribution < 1.29 is 13.5 Å². The highest BCUT2D eigenvalue weighted by atomic mass is 32.2. The fraction of sp³-hybridized carbons (Fsp3) is 0.538. The number of benzene rings is 1. The lowest BCUT2D eigenvalue weighted by atomic mass is 9.96. The Morgan fingerprint density at radius 3 is 2.78 bits per heavy atom. The van der Waals surface area contributed by atoms with E-state index < -0.39 is 16.7 Å². The molecule has 1 heterocycles. The number of hydrogen-bond acceptors (Lipinski definition) is 4. The second-order valence-corrected chi connectivity index (χ2v) is 5.58. The molecule has 2 rings (SSSR count). The topological polar surface area (TPSA) is 61.4 Å². The first-order valence-electron chi connectivity index (χ1n) is 6.15. The van der Waals surface area contributed by atoms with E-state index in [0.29, 0.717) is 13.2 Å². The Balaban J connectivity index is 1.99. The molecule has 5 heteroatoms. The first-order valence-corrected chi connectivity index (χ1v) is 7.39. The molecule has 0 aliphatic carbocycles. The molecule has 2 atom stereocenters. The van der Waals surface area contributed by atoms with Crippen LogP contribution in [-0.4, -0.2) is 33.2 Å². The Hall–Kier alpha value is -0.750. The molecule has 0 radical (unpaired) electrons. The van der Waals surface area contributed by atoms with Gasteiger partial charge in [-0.2, -0.15) is 0 Å². The van der Waals surface area contributed by atoms with Gasteiger partial charge in [0.05, 0.1) is 12.2 Å². The minimum atomic E-state index is -2.08. The van der Waals surface area contributed by atoms with Crippen LogP contribution < -0.4 is 5.32 Å². The monoisotopic (exact) mass is 268 g/mol. The van der Waals surface area contributed by atoms with Gasteiger partial charge in [-0.1, -0.05) is 41.4 Å². The van der Waals surface area contributed by atoms with Gasteiger partial charge in [0.2, 0.25) is 0 Å². The molecule has 1 fully saturated rings. The number of hydrogen-bond donors (Lipinski definition) is 1. The standard InChI is InChI=1S/C13H19NO3S/c15-18(16)11-13(7-4-8-14-10-13)17-9-12-5-2-1-3-6-12/h1-3,5-6,14H,4,7-11H2,(H,15,16)/p-1. The zero-order valence-electron chi connectivity index (χ0n) is 10.3. The van der Waals surface area contributed by atoms with Crippen LogP contribution in [0.15, 0.2) is 30.3 Å². The van der Waals surface area contributed by atoms with Crippen molar-refractivity contribution in [2.24, 2.45) is 0 Å². The molecule has 2 unspecified atom stereocenters. The van der Waals surface area contributed by atoms with Crippen LogP contribution in [0.1, 0.15) is 18.4 Å². The molecule has 1 saturated heterocycles. The van der Waals surface area contributed by atoms with Gasteiger partial charge in [-0.15, -0.1) is 0 Å². The van der Waals surface area contributed by atoms with Crippen molar-refractivity contribution >= 4 is 11.1 Å². The van der Waals surface area contributed by atoms with Crippen LogP contribution in [0, 0.1) is 0 Å². The third-order valence-electron chi connectivity index (χ3n) is 3.20. The Labute approximate surface area is 110 Å². The van der Waals surface area contributed by atoms with Crippen molar-refractivity contribution in [1.29, 1.82) is 0 Å². The molecule has 0 saturated carbocycles. The summed E-state index contributed by atoms with van der Waals surface area (Å²) in [4.78, 5) is 0. The van der Waals surface area contributed by atoms with Crippen molar-refractivity contribution in [2.45, 2.75) is 25.0 Å². The van der Waals surface area contributed by atoms with Crippen molar-refractivity contribution in [3.8, 4) is 0 Å². The maximum absolute atomic E-state index is 11.0. The Bertz CT molecular complexity index is 390. The summed E-state index contributed by atoms with van der Waals surface area (Å²) >= 11 is -2.08. The van der Waals surface area contributed by atoms with Crippen molar-refractivity contribution in [3.63, 3.8) is 0 Å². The van der Waals surface area contributed by atoms with Crippen LogP contribution >= 0.6 is 0 Å². The molecular formula is C13H18NO3S-. The summed E-state index contributed by atoms with van der Waals surface area (Å²) in [5, 5.41) is 3.22. The molecule has 0 amide bonds. The Morgan fingerprint density at radius 2 is 2.17 bits per heavy atom. The molecular weight excluding hydrogens is 250 g/mol. The van der Waals surface area contributed by atoms with Gasteiger partial charge < -0.3 is 14.6 Å². The minimum absolute atomic E-state index is 0.0623. The summed E-state index contributed by atoms with van der Waals surface area (Å²) in [6.45, 7) is 2.00. The number of nitrogens with one attached hydrogen (secondary N) is 1. The smallest absolute Gasteiger partial charge is 0.0914 e. The normalized spacial score (nSPS) is 25.8. The predicted molar refractivity (Wildman–Crippen MR) is 69.9 cm³/mol. The molecule has 1 aromatic carbocycles. The lowest BCUT2D eigenvalue weighted by molar-refractivity contribution is -0.0546. The zero-order chi connectivity index (χ0) is 12.8. The molecule has 18 heavy (non-hydrogen) atoms. The highest BCUT2D eigenvalue weighted by molar-refractivity contribution is 7.79. The predicted octanol–water partition coefficient (Wildman–Crippen LogP) is 1.20. The third-order valence-corrected chi connectivity index (χ3v) is 3.96. The Morgan fingerprint density at radius 1 is 1.39 bits per heavy atom. The summed E-state index contributed by atoms with van der Waals surface area (Å²) in [6, 6.07) is 9.83. The van der Waals surface area contributed by atoms with Crippen molar-refractivity contribution in [2.75, 3.05) is 18.8 Å². The molecule has 1 aliphatic rings. The molecule has 1 aromatic rings. The number of rotatable bonds is 5. The summed E-state index contributed by atoms with van der Waals surface area (Å²) in [5.41, 5.74) is 0.500. The van der Waals surface area contributed by atoms with E-state index in [1.807, 2.05) is 30.3 Å². The van der Waals surface area contributed by atoms with Crippen LogP contribution in [0.5, 0.6) is 0 Å². The van der Waals surface area contributed by atoms with Crippen LogP contribution in [0.2, 0.25) is 0 Å². The summed E-state index contributed by atoms with van der Waals surface area (Å²) < 4.78 is 27.9. The summed E-state index contributed by atoms with van der Waals surface area (Å²) in [6.07, 6.45) is 1.74. The van der Waals surface area contributed by atoms with Gasteiger partial charge in [-0.05, 0) is 24.9 Å².